The highest BCUT2D eigenvalue weighted by atomic mass is 32.2. The fourth-order valence-corrected chi connectivity index (χ4v) is 5.64. The van der Waals surface area contributed by atoms with Gasteiger partial charge in [0.05, 0.1) is 21.9 Å². The molecule has 2 aliphatic rings. The van der Waals surface area contributed by atoms with Gasteiger partial charge in [0.15, 0.2) is 9.84 Å². The third-order valence-electron chi connectivity index (χ3n) is 5.77. The van der Waals surface area contributed by atoms with Gasteiger partial charge in [0.2, 0.25) is 0 Å². The molecule has 32 heavy (non-hydrogen) atoms. The Morgan fingerprint density at radius 3 is 2.66 bits per heavy atom. The predicted octanol–water partition coefficient (Wildman–Crippen LogP) is 3.49. The van der Waals surface area contributed by atoms with Gasteiger partial charge in [-0.05, 0) is 59.9 Å². The Kier molecular flexibility index (Phi) is 5.68. The lowest BCUT2D eigenvalue weighted by Gasteiger charge is -2.33. The van der Waals surface area contributed by atoms with Crippen molar-refractivity contribution >= 4 is 27.6 Å². The van der Waals surface area contributed by atoms with Crippen molar-refractivity contribution in [3.05, 3.63) is 29.6 Å². The highest BCUT2D eigenvalue weighted by Gasteiger charge is 2.36. The van der Waals surface area contributed by atoms with Crippen LogP contribution in [0.5, 0.6) is 0 Å². The fraction of sp³-hybridized carbons (Fsp3) is 0.591. The van der Waals surface area contributed by atoms with Gasteiger partial charge in [-0.15, -0.1) is 0 Å². The summed E-state index contributed by atoms with van der Waals surface area (Å²) in [5, 5.41) is 10.9. The zero-order valence-corrected chi connectivity index (χ0v) is 20.0. The Hall–Kier alpha value is -2.62. The SMILES string of the molecule is CC(C)NC(=O)OC1CC(c2cc(Nc3nccc4c3CCS4(=O)=O)n(C(C)(C)C)n2)C1. The fourth-order valence-electron chi connectivity index (χ4n) is 4.11. The summed E-state index contributed by atoms with van der Waals surface area (Å²) in [5.74, 6) is 1.63. The van der Waals surface area contributed by atoms with E-state index in [-0.39, 0.29) is 35.4 Å². The first kappa shape index (κ1) is 22.6. The number of hydrogen-bond acceptors (Lipinski definition) is 7. The molecule has 0 bridgehead atoms. The number of rotatable bonds is 5. The largest absolute Gasteiger partial charge is 0.446 e. The lowest BCUT2D eigenvalue weighted by Crippen LogP contribution is -2.38. The van der Waals surface area contributed by atoms with Crippen LogP contribution in [0.25, 0.3) is 0 Å². The quantitative estimate of drug-likeness (QED) is 0.700. The molecule has 0 radical (unpaired) electrons. The second-order valence-corrected chi connectivity index (χ2v) is 11.9. The summed E-state index contributed by atoms with van der Waals surface area (Å²) in [5.41, 5.74) is 1.36. The molecule has 2 aromatic rings. The van der Waals surface area contributed by atoms with Crippen molar-refractivity contribution in [1.29, 1.82) is 0 Å². The maximum absolute atomic E-state index is 12.3. The Labute approximate surface area is 188 Å². The van der Waals surface area contributed by atoms with Crippen molar-refractivity contribution in [2.24, 2.45) is 0 Å². The average molecular weight is 462 g/mol. The van der Waals surface area contributed by atoms with Crippen LogP contribution in [-0.2, 0) is 26.5 Å². The molecule has 0 unspecified atom stereocenters. The van der Waals surface area contributed by atoms with E-state index in [4.69, 9.17) is 9.84 Å². The van der Waals surface area contributed by atoms with Gasteiger partial charge in [-0.25, -0.2) is 22.9 Å². The van der Waals surface area contributed by atoms with E-state index in [0.717, 1.165) is 29.9 Å². The van der Waals surface area contributed by atoms with E-state index in [9.17, 15) is 13.2 Å². The normalized spacial score (nSPS) is 21.7. The van der Waals surface area contributed by atoms with Gasteiger partial charge < -0.3 is 15.4 Å². The van der Waals surface area contributed by atoms with Gasteiger partial charge in [0, 0.05) is 29.8 Å². The number of nitrogens with one attached hydrogen (secondary N) is 2. The van der Waals surface area contributed by atoms with E-state index in [1.807, 2.05) is 24.6 Å². The molecule has 4 rings (SSSR count). The van der Waals surface area contributed by atoms with Crippen LogP contribution in [0.3, 0.4) is 0 Å². The molecule has 10 heteroatoms. The summed E-state index contributed by atoms with van der Waals surface area (Å²) in [7, 11) is -3.23. The zero-order chi connectivity index (χ0) is 23.3. The molecule has 0 aromatic carbocycles. The monoisotopic (exact) mass is 461 g/mol. The lowest BCUT2D eigenvalue weighted by atomic mass is 9.80. The van der Waals surface area contributed by atoms with Crippen LogP contribution in [0.4, 0.5) is 16.4 Å². The second kappa shape index (κ2) is 8.06. The van der Waals surface area contributed by atoms with Crippen molar-refractivity contribution in [2.75, 3.05) is 11.1 Å². The molecule has 2 N–H and O–H groups in total. The molecule has 1 aliphatic carbocycles. The van der Waals surface area contributed by atoms with Crippen molar-refractivity contribution < 1.29 is 17.9 Å². The molecule has 2 aromatic heterocycles. The first-order chi connectivity index (χ1) is 14.9. The summed E-state index contributed by atoms with van der Waals surface area (Å²) in [4.78, 5) is 16.6. The van der Waals surface area contributed by atoms with E-state index in [2.05, 4.69) is 36.4 Å². The summed E-state index contributed by atoms with van der Waals surface area (Å²) in [6, 6.07) is 3.60. The molecule has 0 saturated heterocycles. The number of alkyl carbamates (subject to hydrolysis) is 1. The molecular formula is C22H31N5O4S. The number of nitrogens with zero attached hydrogens (tertiary/aromatic N) is 3. The van der Waals surface area contributed by atoms with Crippen LogP contribution >= 0.6 is 0 Å². The number of fused-ring (bicyclic) bond motifs is 1. The first-order valence-corrected chi connectivity index (χ1v) is 12.6. The Morgan fingerprint density at radius 2 is 2.00 bits per heavy atom. The number of aromatic nitrogens is 3. The highest BCUT2D eigenvalue weighted by Crippen LogP contribution is 2.40. The van der Waals surface area contributed by atoms with Gasteiger partial charge in [-0.2, -0.15) is 5.10 Å². The van der Waals surface area contributed by atoms with Gasteiger partial charge in [-0.1, -0.05) is 0 Å². The third-order valence-corrected chi connectivity index (χ3v) is 7.57. The molecule has 0 spiro atoms. The van der Waals surface area contributed by atoms with Crippen molar-refractivity contribution in [3.63, 3.8) is 0 Å². The van der Waals surface area contributed by atoms with E-state index >= 15 is 0 Å². The predicted molar refractivity (Wildman–Crippen MR) is 121 cm³/mol. The molecular weight excluding hydrogens is 430 g/mol. The lowest BCUT2D eigenvalue weighted by molar-refractivity contribution is 0.0372. The van der Waals surface area contributed by atoms with E-state index < -0.39 is 9.84 Å². The van der Waals surface area contributed by atoms with Crippen molar-refractivity contribution in [3.8, 4) is 0 Å². The number of carbonyl (C=O) groups excluding carboxylic acids is 1. The number of ether oxygens (including phenoxy) is 1. The summed E-state index contributed by atoms with van der Waals surface area (Å²) in [6.07, 6.45) is 2.93. The molecule has 1 aliphatic heterocycles. The molecule has 0 atom stereocenters. The van der Waals surface area contributed by atoms with Crippen LogP contribution in [0.2, 0.25) is 0 Å². The van der Waals surface area contributed by atoms with Crippen LogP contribution in [-0.4, -0.2) is 47.2 Å². The minimum absolute atomic E-state index is 0.0394. The molecule has 1 fully saturated rings. The standard InChI is InChI=1S/C22H31N5O4S/c1-13(2)24-21(28)31-15-10-14(11-15)17-12-19(27(26-17)22(3,4)5)25-20-16-7-9-32(29,30)18(16)6-8-23-20/h6,8,12-15H,7,9-11H2,1-5H3,(H,23,25)(H,24,28). The van der Waals surface area contributed by atoms with Gasteiger partial charge in [-0.3, -0.25) is 0 Å². The first-order valence-electron chi connectivity index (χ1n) is 11.0. The van der Waals surface area contributed by atoms with Crippen LogP contribution in [0.15, 0.2) is 23.2 Å². The zero-order valence-electron chi connectivity index (χ0n) is 19.2. The smallest absolute Gasteiger partial charge is 0.407 e. The second-order valence-electron chi connectivity index (χ2n) is 9.86. The van der Waals surface area contributed by atoms with Crippen molar-refractivity contribution in [2.45, 2.75) is 82.4 Å². The Morgan fingerprint density at radius 1 is 1.28 bits per heavy atom. The number of sulfone groups is 1. The molecule has 1 amide bonds. The topological polar surface area (TPSA) is 115 Å². The number of carbonyl (C=O) groups is 1. The number of pyridine rings is 1. The number of anilines is 2. The summed E-state index contributed by atoms with van der Waals surface area (Å²) in [6.45, 7) is 9.97. The minimum atomic E-state index is -3.23. The maximum Gasteiger partial charge on any atom is 0.407 e. The molecule has 3 heterocycles. The van der Waals surface area contributed by atoms with Crippen LogP contribution in [0, 0.1) is 0 Å². The molecule has 1 saturated carbocycles. The minimum Gasteiger partial charge on any atom is -0.446 e. The molecule has 9 nitrogen and oxygen atoms in total. The van der Waals surface area contributed by atoms with Crippen molar-refractivity contribution in [1.82, 2.24) is 20.1 Å². The van der Waals surface area contributed by atoms with Crippen LogP contribution < -0.4 is 10.6 Å². The molecule has 174 valence electrons. The summed E-state index contributed by atoms with van der Waals surface area (Å²) < 4.78 is 31.9. The highest BCUT2D eigenvalue weighted by molar-refractivity contribution is 7.91. The number of amides is 1. The van der Waals surface area contributed by atoms with Crippen LogP contribution in [0.1, 0.15) is 64.6 Å². The van der Waals surface area contributed by atoms with E-state index in [0.29, 0.717) is 17.1 Å². The Bertz CT molecular complexity index is 1130. The maximum atomic E-state index is 12.3. The third kappa shape index (κ3) is 4.46. The Balaban J connectivity index is 1.53. The average Bonchev–Trinajstić information content (AvgIpc) is 3.19. The van der Waals surface area contributed by atoms with Gasteiger partial charge >= 0.3 is 6.09 Å². The van der Waals surface area contributed by atoms with Gasteiger partial charge in [0.1, 0.15) is 17.7 Å². The van der Waals surface area contributed by atoms with E-state index in [1.165, 1.54) is 6.20 Å². The van der Waals surface area contributed by atoms with Gasteiger partial charge in [0.25, 0.3) is 0 Å². The number of hydrogen-bond donors (Lipinski definition) is 2. The van der Waals surface area contributed by atoms with E-state index in [1.54, 1.807) is 6.07 Å². The summed E-state index contributed by atoms with van der Waals surface area (Å²) >= 11 is 0.